The molecule has 0 aliphatic rings. The molecule has 0 saturated carbocycles. The molecule has 0 aliphatic heterocycles. The third kappa shape index (κ3) is 3.49. The lowest BCUT2D eigenvalue weighted by Gasteiger charge is -2.09. The predicted octanol–water partition coefficient (Wildman–Crippen LogP) is 4.50. The molecule has 5 nitrogen and oxygen atoms in total. The molecule has 3 rings (SSSR count). The highest BCUT2D eigenvalue weighted by Crippen LogP contribution is 2.34. The molecule has 0 unspecified atom stereocenters. The molecule has 0 radical (unpaired) electrons. The van der Waals surface area contributed by atoms with E-state index in [4.69, 9.17) is 4.74 Å². The summed E-state index contributed by atoms with van der Waals surface area (Å²) in [6, 6.07) is 13.8. The van der Waals surface area contributed by atoms with Crippen molar-refractivity contribution in [1.29, 1.82) is 0 Å². The first-order valence-electron chi connectivity index (χ1n) is 7.89. The Hall–Kier alpha value is -2.60. The Bertz CT molecular complexity index is 860. The number of carbonyl (C=O) groups excluding carboxylic acids is 1. The summed E-state index contributed by atoms with van der Waals surface area (Å²) in [6.07, 6.45) is 0. The largest absolute Gasteiger partial charge is 0.493 e. The number of hydrogen-bond donors (Lipinski definition) is 2. The number of ether oxygens (including phenoxy) is 1. The Morgan fingerprint density at radius 3 is 2.83 bits per heavy atom. The van der Waals surface area contributed by atoms with Crippen LogP contribution in [-0.4, -0.2) is 24.2 Å². The first-order chi connectivity index (χ1) is 11.7. The van der Waals surface area contributed by atoms with E-state index < -0.39 is 0 Å². The van der Waals surface area contributed by atoms with E-state index in [0.29, 0.717) is 18.3 Å². The number of fused-ring (bicyclic) bond motifs is 1. The van der Waals surface area contributed by atoms with E-state index in [0.717, 1.165) is 27.1 Å². The average molecular weight is 341 g/mol. The van der Waals surface area contributed by atoms with Crippen LogP contribution >= 0.6 is 11.3 Å². The van der Waals surface area contributed by atoms with Crippen molar-refractivity contribution < 1.29 is 9.53 Å². The van der Waals surface area contributed by atoms with Crippen molar-refractivity contribution in [1.82, 2.24) is 10.3 Å². The molecule has 0 saturated heterocycles. The zero-order valence-corrected chi connectivity index (χ0v) is 14.4. The molecule has 0 atom stereocenters. The molecular formula is C18H19N3O2S. The molecule has 124 valence electrons. The Labute approximate surface area is 144 Å². The maximum absolute atomic E-state index is 11.6. The molecule has 0 bridgehead atoms. The maximum Gasteiger partial charge on any atom is 0.321 e. The van der Waals surface area contributed by atoms with Gasteiger partial charge in [-0.25, -0.2) is 9.78 Å². The molecule has 24 heavy (non-hydrogen) atoms. The first kappa shape index (κ1) is 16.3. The van der Waals surface area contributed by atoms with Crippen LogP contribution in [0.4, 0.5) is 9.93 Å². The highest BCUT2D eigenvalue weighted by molar-refractivity contribution is 7.22. The van der Waals surface area contributed by atoms with Crippen LogP contribution in [0.15, 0.2) is 42.5 Å². The van der Waals surface area contributed by atoms with Gasteiger partial charge in [-0.15, -0.1) is 0 Å². The molecule has 1 heterocycles. The number of rotatable bonds is 5. The van der Waals surface area contributed by atoms with Gasteiger partial charge in [-0.1, -0.05) is 35.6 Å². The number of benzene rings is 2. The summed E-state index contributed by atoms with van der Waals surface area (Å²) in [5.74, 6) is 0.865. The van der Waals surface area contributed by atoms with Gasteiger partial charge in [0.05, 0.1) is 16.8 Å². The lowest BCUT2D eigenvalue weighted by atomic mass is 10.0. The first-order valence-corrected chi connectivity index (χ1v) is 8.70. The van der Waals surface area contributed by atoms with Gasteiger partial charge in [0.1, 0.15) is 5.75 Å². The van der Waals surface area contributed by atoms with Crippen LogP contribution in [-0.2, 0) is 0 Å². The quantitative estimate of drug-likeness (QED) is 0.718. The molecule has 1 aromatic heterocycles. The Balaban J connectivity index is 1.93. The van der Waals surface area contributed by atoms with Crippen LogP contribution < -0.4 is 15.4 Å². The lowest BCUT2D eigenvalue weighted by molar-refractivity contribution is 0.252. The van der Waals surface area contributed by atoms with Crippen LogP contribution in [0.25, 0.3) is 21.3 Å². The molecule has 0 aliphatic carbocycles. The third-order valence-electron chi connectivity index (χ3n) is 3.44. The van der Waals surface area contributed by atoms with Gasteiger partial charge in [-0.3, -0.25) is 5.32 Å². The molecule has 3 aromatic rings. The van der Waals surface area contributed by atoms with Crippen molar-refractivity contribution in [3.8, 4) is 16.9 Å². The van der Waals surface area contributed by atoms with E-state index >= 15 is 0 Å². The number of nitrogens with one attached hydrogen (secondary N) is 2. The van der Waals surface area contributed by atoms with Gasteiger partial charge in [-0.2, -0.15) is 0 Å². The van der Waals surface area contributed by atoms with Crippen LogP contribution in [0, 0.1) is 0 Å². The number of nitrogens with zero attached hydrogens (tertiary/aromatic N) is 1. The van der Waals surface area contributed by atoms with Crippen LogP contribution in [0.2, 0.25) is 0 Å². The summed E-state index contributed by atoms with van der Waals surface area (Å²) >= 11 is 1.46. The van der Waals surface area contributed by atoms with Gasteiger partial charge in [0.2, 0.25) is 0 Å². The second kappa shape index (κ2) is 7.31. The minimum absolute atomic E-state index is 0.238. The molecule has 0 fully saturated rings. The number of anilines is 1. The van der Waals surface area contributed by atoms with Crippen LogP contribution in [0.5, 0.6) is 5.75 Å². The third-order valence-corrected chi connectivity index (χ3v) is 4.38. The van der Waals surface area contributed by atoms with Crippen LogP contribution in [0.1, 0.15) is 13.8 Å². The fourth-order valence-corrected chi connectivity index (χ4v) is 3.33. The number of para-hydroxylation sites is 1. The minimum atomic E-state index is -0.238. The number of amides is 2. The number of hydrogen-bond acceptors (Lipinski definition) is 4. The summed E-state index contributed by atoms with van der Waals surface area (Å²) < 4.78 is 6.73. The van der Waals surface area contributed by atoms with Gasteiger partial charge in [0.25, 0.3) is 0 Å². The average Bonchev–Trinajstić information content (AvgIpc) is 2.97. The summed E-state index contributed by atoms with van der Waals surface area (Å²) in [6.45, 7) is 5.05. The Kier molecular flexibility index (Phi) is 4.96. The summed E-state index contributed by atoms with van der Waals surface area (Å²) in [5, 5.41) is 6.04. The molecule has 6 heteroatoms. The van der Waals surface area contributed by atoms with Crippen molar-refractivity contribution in [2.75, 3.05) is 18.5 Å². The monoisotopic (exact) mass is 341 g/mol. The molecule has 0 spiro atoms. The van der Waals surface area contributed by atoms with Gasteiger partial charge < -0.3 is 10.1 Å². The SMILES string of the molecule is CCNC(=O)Nc1nc2ccc(-c3ccccc3OCC)cc2s1. The second-order valence-electron chi connectivity index (χ2n) is 5.12. The number of urea groups is 1. The number of carbonyl (C=O) groups is 1. The van der Waals surface area contributed by atoms with Crippen molar-refractivity contribution in [2.45, 2.75) is 13.8 Å². The Morgan fingerprint density at radius 2 is 2.04 bits per heavy atom. The Morgan fingerprint density at radius 1 is 1.21 bits per heavy atom. The lowest BCUT2D eigenvalue weighted by Crippen LogP contribution is -2.28. The molecule has 2 N–H and O–H groups in total. The second-order valence-corrected chi connectivity index (χ2v) is 6.15. The fourth-order valence-electron chi connectivity index (χ4n) is 2.43. The highest BCUT2D eigenvalue weighted by Gasteiger charge is 2.10. The van der Waals surface area contributed by atoms with Crippen LogP contribution in [0.3, 0.4) is 0 Å². The molecular weight excluding hydrogens is 322 g/mol. The zero-order valence-electron chi connectivity index (χ0n) is 13.6. The molecule has 2 amide bonds. The number of thiazole rings is 1. The summed E-state index contributed by atoms with van der Waals surface area (Å²) in [5.41, 5.74) is 2.98. The zero-order chi connectivity index (χ0) is 16.9. The standard InChI is InChI=1S/C18H19N3O2S/c1-3-19-17(22)21-18-20-14-10-9-12(11-16(14)24-18)13-7-5-6-8-15(13)23-4-2/h5-11H,3-4H2,1-2H3,(H2,19,20,21,22). The van der Waals surface area contributed by atoms with E-state index in [1.807, 2.05) is 50.2 Å². The minimum Gasteiger partial charge on any atom is -0.493 e. The van der Waals surface area contributed by atoms with Gasteiger partial charge in [0.15, 0.2) is 5.13 Å². The summed E-state index contributed by atoms with van der Waals surface area (Å²) in [4.78, 5) is 16.1. The smallest absolute Gasteiger partial charge is 0.321 e. The van der Waals surface area contributed by atoms with Gasteiger partial charge >= 0.3 is 6.03 Å². The van der Waals surface area contributed by atoms with Crippen molar-refractivity contribution in [3.05, 3.63) is 42.5 Å². The van der Waals surface area contributed by atoms with Gasteiger partial charge in [0, 0.05) is 12.1 Å². The molecule has 2 aromatic carbocycles. The van der Waals surface area contributed by atoms with Crippen molar-refractivity contribution >= 4 is 32.7 Å². The van der Waals surface area contributed by atoms with E-state index in [9.17, 15) is 4.79 Å². The van der Waals surface area contributed by atoms with Crippen molar-refractivity contribution in [3.63, 3.8) is 0 Å². The van der Waals surface area contributed by atoms with Crippen molar-refractivity contribution in [2.24, 2.45) is 0 Å². The maximum atomic E-state index is 11.6. The predicted molar refractivity (Wildman–Crippen MR) is 98.9 cm³/mol. The van der Waals surface area contributed by atoms with Gasteiger partial charge in [-0.05, 0) is 37.6 Å². The van der Waals surface area contributed by atoms with E-state index in [2.05, 4.69) is 21.7 Å². The fraction of sp³-hybridized carbons (Fsp3) is 0.222. The van der Waals surface area contributed by atoms with E-state index in [1.54, 1.807) is 0 Å². The number of aromatic nitrogens is 1. The normalized spacial score (nSPS) is 10.6. The topological polar surface area (TPSA) is 63.2 Å². The highest BCUT2D eigenvalue weighted by atomic mass is 32.1. The summed E-state index contributed by atoms with van der Waals surface area (Å²) in [7, 11) is 0. The van der Waals surface area contributed by atoms with E-state index in [1.165, 1.54) is 11.3 Å². The van der Waals surface area contributed by atoms with E-state index in [-0.39, 0.29) is 6.03 Å².